The fraction of sp³-hybridized carbons (Fsp3) is 0.478. The third-order valence-electron chi connectivity index (χ3n) is 5.97. The molecule has 1 saturated heterocycles. The van der Waals surface area contributed by atoms with Crippen LogP contribution in [0.3, 0.4) is 0 Å². The highest BCUT2D eigenvalue weighted by molar-refractivity contribution is 5.86. The van der Waals surface area contributed by atoms with Gasteiger partial charge < -0.3 is 9.64 Å². The highest BCUT2D eigenvalue weighted by Crippen LogP contribution is 2.29. The van der Waals surface area contributed by atoms with Crippen molar-refractivity contribution in [3.8, 4) is 5.75 Å². The van der Waals surface area contributed by atoms with Crippen molar-refractivity contribution in [2.75, 3.05) is 39.8 Å². The molecule has 0 radical (unpaired) electrons. The van der Waals surface area contributed by atoms with Crippen LogP contribution in [0.5, 0.6) is 5.75 Å². The van der Waals surface area contributed by atoms with Gasteiger partial charge in [0.15, 0.2) is 0 Å². The Labute approximate surface area is 206 Å². The Morgan fingerprint density at radius 3 is 2.17 bits per heavy atom. The monoisotopic (exact) mass is 494 g/mol. The minimum absolute atomic E-state index is 0. The molecule has 1 fully saturated rings. The summed E-state index contributed by atoms with van der Waals surface area (Å²) < 4.78 is 5.37. The number of methoxy groups -OCH3 is 1. The van der Waals surface area contributed by atoms with E-state index in [1.807, 2.05) is 0 Å². The summed E-state index contributed by atoms with van der Waals surface area (Å²) in [5.74, 6) is 1.80. The molecule has 1 atom stereocenters. The van der Waals surface area contributed by atoms with Crippen LogP contribution in [0.25, 0.3) is 0 Å². The van der Waals surface area contributed by atoms with Gasteiger partial charge in [-0.2, -0.15) is 0 Å². The van der Waals surface area contributed by atoms with Crippen molar-refractivity contribution in [2.24, 2.45) is 5.92 Å². The number of fused-ring (bicyclic) bond motifs is 1. The van der Waals surface area contributed by atoms with E-state index in [-0.39, 0.29) is 49.6 Å². The van der Waals surface area contributed by atoms with Gasteiger partial charge in [-0.15, -0.1) is 49.6 Å². The van der Waals surface area contributed by atoms with Gasteiger partial charge in [0.05, 0.1) is 7.11 Å². The van der Waals surface area contributed by atoms with Gasteiger partial charge >= 0.3 is 0 Å². The van der Waals surface area contributed by atoms with Crippen molar-refractivity contribution in [1.82, 2.24) is 9.80 Å². The first-order chi connectivity index (χ1) is 12.8. The summed E-state index contributed by atoms with van der Waals surface area (Å²) in [7, 11) is 1.75. The summed E-state index contributed by atoms with van der Waals surface area (Å²) in [5, 5.41) is 0. The third-order valence-corrected chi connectivity index (χ3v) is 5.97. The molecule has 0 aromatic heterocycles. The molecule has 1 heterocycles. The average molecular weight is 496 g/mol. The number of nitrogens with zero attached hydrogens (tertiary/aromatic N) is 2. The summed E-state index contributed by atoms with van der Waals surface area (Å²) in [6, 6.07) is 17.5. The van der Waals surface area contributed by atoms with E-state index < -0.39 is 0 Å². The molecule has 0 saturated carbocycles. The molecule has 0 spiro atoms. The van der Waals surface area contributed by atoms with Crippen LogP contribution in [0.4, 0.5) is 0 Å². The van der Waals surface area contributed by atoms with Crippen molar-refractivity contribution in [1.29, 1.82) is 0 Å². The second-order valence-corrected chi connectivity index (χ2v) is 7.81. The van der Waals surface area contributed by atoms with Gasteiger partial charge in [-0.25, -0.2) is 0 Å². The minimum atomic E-state index is 0. The normalized spacial score (nSPS) is 18.5. The lowest BCUT2D eigenvalue weighted by Crippen LogP contribution is -2.47. The molecular weight excluding hydrogens is 462 g/mol. The maximum Gasteiger partial charge on any atom is 0.119 e. The first-order valence-electron chi connectivity index (χ1n) is 9.94. The Balaban J connectivity index is 0.00000210. The first-order valence-corrected chi connectivity index (χ1v) is 9.94. The summed E-state index contributed by atoms with van der Waals surface area (Å²) in [4.78, 5) is 5.27. The Bertz CT molecular complexity index is 724. The van der Waals surface area contributed by atoms with Crippen LogP contribution in [0, 0.1) is 5.92 Å². The molecule has 30 heavy (non-hydrogen) atoms. The molecule has 1 aliphatic heterocycles. The van der Waals surface area contributed by atoms with Gasteiger partial charge in [0.2, 0.25) is 0 Å². The maximum absolute atomic E-state index is 5.37. The molecule has 170 valence electrons. The zero-order chi connectivity index (χ0) is 17.8. The molecule has 1 aliphatic carbocycles. The van der Waals surface area contributed by atoms with Gasteiger partial charge in [0, 0.05) is 39.3 Å². The number of halogens is 4. The molecule has 1 unspecified atom stereocenters. The molecule has 7 heteroatoms. The van der Waals surface area contributed by atoms with Crippen molar-refractivity contribution in [3.05, 3.63) is 65.2 Å². The Morgan fingerprint density at radius 2 is 1.50 bits per heavy atom. The highest BCUT2D eigenvalue weighted by atomic mass is 35.5. The molecule has 2 aromatic rings. The second-order valence-electron chi connectivity index (χ2n) is 7.81. The predicted octanol–water partition coefficient (Wildman–Crippen LogP) is 5.31. The van der Waals surface area contributed by atoms with Gasteiger partial charge in [0.1, 0.15) is 5.75 Å². The quantitative estimate of drug-likeness (QED) is 0.559. The SMILES string of the molecule is COc1ccc2c(c1)CCC(CN1CCN(Cc3ccccc3)CC1)C2.Cl.Cl.Cl.Cl. The smallest absolute Gasteiger partial charge is 0.119 e. The Morgan fingerprint density at radius 1 is 0.833 bits per heavy atom. The molecule has 0 N–H and O–H groups in total. The van der Waals surface area contributed by atoms with E-state index in [1.54, 1.807) is 7.11 Å². The van der Waals surface area contributed by atoms with Crippen molar-refractivity contribution < 1.29 is 4.74 Å². The number of hydrogen-bond acceptors (Lipinski definition) is 3. The lowest BCUT2D eigenvalue weighted by molar-refractivity contribution is 0.110. The molecule has 2 aliphatic rings. The fourth-order valence-corrected chi connectivity index (χ4v) is 4.43. The van der Waals surface area contributed by atoms with Crippen molar-refractivity contribution in [3.63, 3.8) is 0 Å². The van der Waals surface area contributed by atoms with Crippen LogP contribution in [0.2, 0.25) is 0 Å². The number of rotatable bonds is 5. The molecular formula is C23H34Cl4N2O. The molecule has 0 amide bonds. The van der Waals surface area contributed by atoms with Gasteiger partial charge in [-0.05, 0) is 54.0 Å². The largest absolute Gasteiger partial charge is 0.497 e. The summed E-state index contributed by atoms with van der Waals surface area (Å²) in [6.07, 6.45) is 3.74. The van der Waals surface area contributed by atoms with E-state index in [0.717, 1.165) is 18.2 Å². The van der Waals surface area contributed by atoms with Gasteiger partial charge in [-0.3, -0.25) is 4.90 Å². The van der Waals surface area contributed by atoms with Gasteiger partial charge in [0.25, 0.3) is 0 Å². The topological polar surface area (TPSA) is 15.7 Å². The first kappa shape index (κ1) is 29.3. The van der Waals surface area contributed by atoms with E-state index in [4.69, 9.17) is 4.74 Å². The summed E-state index contributed by atoms with van der Waals surface area (Å²) >= 11 is 0. The molecule has 2 aromatic carbocycles. The number of hydrogen-bond donors (Lipinski definition) is 0. The van der Waals surface area contributed by atoms with E-state index in [2.05, 4.69) is 58.3 Å². The van der Waals surface area contributed by atoms with E-state index in [1.165, 1.54) is 68.7 Å². The van der Waals surface area contributed by atoms with Crippen LogP contribution in [0.1, 0.15) is 23.1 Å². The standard InChI is InChI=1S/C23H30N2O.4ClH/c1-26-23-10-9-21-15-20(7-8-22(21)16-23)18-25-13-11-24(12-14-25)17-19-5-3-2-4-6-19;;;;/h2-6,9-10,16,20H,7-8,11-15,17-18H2,1H3;4*1H. The van der Waals surface area contributed by atoms with Crippen LogP contribution in [0.15, 0.2) is 48.5 Å². The average Bonchev–Trinajstić information content (AvgIpc) is 2.70. The molecule has 0 bridgehead atoms. The highest BCUT2D eigenvalue weighted by Gasteiger charge is 2.24. The number of benzene rings is 2. The van der Waals surface area contributed by atoms with Gasteiger partial charge in [-0.1, -0.05) is 36.4 Å². The van der Waals surface area contributed by atoms with Crippen LogP contribution < -0.4 is 4.74 Å². The predicted molar refractivity (Wildman–Crippen MR) is 136 cm³/mol. The lowest BCUT2D eigenvalue weighted by atomic mass is 9.83. The van der Waals surface area contributed by atoms with Crippen LogP contribution in [-0.4, -0.2) is 49.6 Å². The van der Waals surface area contributed by atoms with E-state index in [0.29, 0.717) is 0 Å². The van der Waals surface area contributed by atoms with Crippen LogP contribution >= 0.6 is 49.6 Å². The second kappa shape index (κ2) is 14.4. The summed E-state index contributed by atoms with van der Waals surface area (Å²) in [5.41, 5.74) is 4.46. The fourth-order valence-electron chi connectivity index (χ4n) is 4.43. The van der Waals surface area contributed by atoms with Crippen molar-refractivity contribution in [2.45, 2.75) is 25.8 Å². The molecule has 4 rings (SSSR count). The van der Waals surface area contributed by atoms with Crippen LogP contribution in [-0.2, 0) is 19.4 Å². The maximum atomic E-state index is 5.37. The number of piperazine rings is 1. The number of aryl methyl sites for hydroxylation is 1. The van der Waals surface area contributed by atoms with Crippen molar-refractivity contribution >= 4 is 49.6 Å². The lowest BCUT2D eigenvalue weighted by Gasteiger charge is -2.37. The minimum Gasteiger partial charge on any atom is -0.497 e. The number of ether oxygens (including phenoxy) is 1. The molecule has 3 nitrogen and oxygen atoms in total. The zero-order valence-corrected chi connectivity index (χ0v) is 20.8. The Kier molecular flexibility index (Phi) is 14.1. The van der Waals surface area contributed by atoms with E-state index >= 15 is 0 Å². The third kappa shape index (κ3) is 7.78. The summed E-state index contributed by atoms with van der Waals surface area (Å²) in [6.45, 7) is 7.14. The van der Waals surface area contributed by atoms with E-state index in [9.17, 15) is 0 Å². The Hall–Kier alpha value is -0.680. The zero-order valence-electron chi connectivity index (χ0n) is 17.5.